The van der Waals surface area contributed by atoms with E-state index in [4.69, 9.17) is 9.90 Å². The van der Waals surface area contributed by atoms with E-state index >= 15 is 0 Å². The van der Waals surface area contributed by atoms with Gasteiger partial charge < -0.3 is 5.11 Å². The second-order valence-electron chi connectivity index (χ2n) is 2.26. The lowest BCUT2D eigenvalue weighted by molar-refractivity contribution is -0.384. The standard InChI is InChI=1S/C6H4INO2.C2H4O2/c7-5-2-1-3-6(4-5)8(9)10;1-2(3)4/h1-4H;1H3,(H,3,4). The van der Waals surface area contributed by atoms with Gasteiger partial charge in [0, 0.05) is 22.6 Å². The summed E-state index contributed by atoms with van der Waals surface area (Å²) in [6, 6.07) is 6.48. The Kier molecular flexibility index (Phi) is 5.77. The third-order valence-electron chi connectivity index (χ3n) is 1.02. The summed E-state index contributed by atoms with van der Waals surface area (Å²) in [5.74, 6) is -0.833. The summed E-state index contributed by atoms with van der Waals surface area (Å²) in [5.41, 5.74) is 0.145. The lowest BCUT2D eigenvalue weighted by Crippen LogP contribution is -1.86. The summed E-state index contributed by atoms with van der Waals surface area (Å²) >= 11 is 2.03. The van der Waals surface area contributed by atoms with Crippen molar-refractivity contribution >= 4 is 34.2 Å². The Hall–Kier alpha value is -1.18. The Labute approximate surface area is 94.0 Å². The van der Waals surface area contributed by atoms with Crippen molar-refractivity contribution in [3.8, 4) is 0 Å². The van der Waals surface area contributed by atoms with Crippen molar-refractivity contribution in [1.29, 1.82) is 0 Å². The van der Waals surface area contributed by atoms with Crippen LogP contribution in [0.3, 0.4) is 0 Å². The molecule has 1 aromatic rings. The van der Waals surface area contributed by atoms with E-state index in [1.165, 1.54) is 12.1 Å². The maximum atomic E-state index is 10.2. The van der Waals surface area contributed by atoms with Gasteiger partial charge in [0.05, 0.1) is 4.92 Å². The number of aliphatic carboxylic acids is 1. The molecule has 0 bridgehead atoms. The van der Waals surface area contributed by atoms with E-state index in [9.17, 15) is 10.1 Å². The van der Waals surface area contributed by atoms with Crippen molar-refractivity contribution in [1.82, 2.24) is 0 Å². The van der Waals surface area contributed by atoms with Crippen molar-refractivity contribution < 1.29 is 14.8 Å². The minimum atomic E-state index is -0.833. The molecule has 14 heavy (non-hydrogen) atoms. The van der Waals surface area contributed by atoms with Gasteiger partial charge in [-0.2, -0.15) is 0 Å². The van der Waals surface area contributed by atoms with Crippen molar-refractivity contribution in [2.45, 2.75) is 6.92 Å². The normalized spacial score (nSPS) is 8.43. The molecule has 76 valence electrons. The number of non-ortho nitro benzene ring substituents is 1. The van der Waals surface area contributed by atoms with E-state index in [0.717, 1.165) is 10.5 Å². The molecular formula is C8H8INO4. The first-order chi connectivity index (χ1) is 6.43. The highest BCUT2D eigenvalue weighted by atomic mass is 127. The number of benzene rings is 1. The summed E-state index contributed by atoms with van der Waals surface area (Å²) in [7, 11) is 0. The van der Waals surface area contributed by atoms with Gasteiger partial charge in [-0.05, 0) is 28.7 Å². The van der Waals surface area contributed by atoms with Crippen LogP contribution >= 0.6 is 22.6 Å². The summed E-state index contributed by atoms with van der Waals surface area (Å²) in [5, 5.41) is 17.6. The highest BCUT2D eigenvalue weighted by Gasteiger charge is 2.02. The Bertz CT molecular complexity index is 336. The predicted molar refractivity (Wildman–Crippen MR) is 59.1 cm³/mol. The molecule has 0 fully saturated rings. The van der Waals surface area contributed by atoms with E-state index in [2.05, 4.69) is 0 Å². The molecular weight excluding hydrogens is 301 g/mol. The fourth-order valence-corrected chi connectivity index (χ4v) is 1.12. The fourth-order valence-electron chi connectivity index (χ4n) is 0.590. The van der Waals surface area contributed by atoms with Crippen molar-refractivity contribution in [2.75, 3.05) is 0 Å². The predicted octanol–water partition coefficient (Wildman–Crippen LogP) is 2.29. The topological polar surface area (TPSA) is 80.4 Å². The first-order valence-corrected chi connectivity index (χ1v) is 4.61. The van der Waals surface area contributed by atoms with Crippen LogP contribution in [-0.2, 0) is 4.79 Å². The molecule has 0 heterocycles. The number of carbonyl (C=O) groups is 1. The van der Waals surface area contributed by atoms with Crippen LogP contribution in [0.5, 0.6) is 0 Å². The van der Waals surface area contributed by atoms with Crippen molar-refractivity contribution in [2.24, 2.45) is 0 Å². The van der Waals surface area contributed by atoms with Crippen LogP contribution in [0.1, 0.15) is 6.92 Å². The summed E-state index contributed by atoms with van der Waals surface area (Å²) < 4.78 is 0.881. The molecule has 6 heteroatoms. The van der Waals surface area contributed by atoms with E-state index in [1.54, 1.807) is 6.07 Å². The number of nitro groups is 1. The molecule has 0 spiro atoms. The molecule has 0 saturated carbocycles. The van der Waals surface area contributed by atoms with Gasteiger partial charge in [-0.1, -0.05) is 6.07 Å². The van der Waals surface area contributed by atoms with Crippen LogP contribution in [0.2, 0.25) is 0 Å². The third-order valence-corrected chi connectivity index (χ3v) is 1.69. The highest BCUT2D eigenvalue weighted by molar-refractivity contribution is 14.1. The van der Waals surface area contributed by atoms with Crippen LogP contribution in [-0.4, -0.2) is 16.0 Å². The average molecular weight is 309 g/mol. The lowest BCUT2D eigenvalue weighted by Gasteiger charge is -1.89. The largest absolute Gasteiger partial charge is 0.481 e. The molecule has 0 amide bonds. The third kappa shape index (κ3) is 6.35. The number of carboxylic acids is 1. The van der Waals surface area contributed by atoms with Gasteiger partial charge in [-0.3, -0.25) is 14.9 Å². The Morgan fingerprint density at radius 3 is 2.36 bits per heavy atom. The highest BCUT2D eigenvalue weighted by Crippen LogP contribution is 2.13. The van der Waals surface area contributed by atoms with Crippen LogP contribution in [0.15, 0.2) is 24.3 Å². The maximum absolute atomic E-state index is 10.2. The quantitative estimate of drug-likeness (QED) is 0.490. The Balaban J connectivity index is 0.000000364. The number of rotatable bonds is 1. The van der Waals surface area contributed by atoms with Crippen LogP contribution in [0, 0.1) is 13.7 Å². The molecule has 1 aromatic carbocycles. The Morgan fingerprint density at radius 1 is 1.57 bits per heavy atom. The lowest BCUT2D eigenvalue weighted by atomic mass is 10.3. The van der Waals surface area contributed by atoms with Gasteiger partial charge in [-0.25, -0.2) is 0 Å². The molecule has 5 nitrogen and oxygen atoms in total. The number of nitro benzene ring substituents is 1. The molecule has 0 aliphatic heterocycles. The molecule has 0 saturated heterocycles. The van der Waals surface area contributed by atoms with E-state index in [1.807, 2.05) is 28.7 Å². The number of halogens is 1. The molecule has 0 radical (unpaired) electrons. The molecule has 1 rings (SSSR count). The van der Waals surface area contributed by atoms with Crippen LogP contribution in [0.25, 0.3) is 0 Å². The minimum absolute atomic E-state index is 0.145. The number of nitrogens with zero attached hydrogens (tertiary/aromatic N) is 1. The molecule has 1 N–H and O–H groups in total. The number of hydrogen-bond acceptors (Lipinski definition) is 3. The van der Waals surface area contributed by atoms with Crippen molar-refractivity contribution in [3.05, 3.63) is 37.9 Å². The van der Waals surface area contributed by atoms with Gasteiger partial charge in [-0.15, -0.1) is 0 Å². The molecule has 0 aliphatic rings. The zero-order valence-corrected chi connectivity index (χ0v) is 9.46. The monoisotopic (exact) mass is 309 g/mol. The van der Waals surface area contributed by atoms with Gasteiger partial charge in [0.2, 0.25) is 0 Å². The number of hydrogen-bond donors (Lipinski definition) is 1. The second-order valence-corrected chi connectivity index (χ2v) is 3.50. The fraction of sp³-hybridized carbons (Fsp3) is 0.125. The van der Waals surface area contributed by atoms with E-state index in [0.29, 0.717) is 0 Å². The maximum Gasteiger partial charge on any atom is 0.300 e. The Morgan fingerprint density at radius 2 is 2.07 bits per heavy atom. The summed E-state index contributed by atoms with van der Waals surface area (Å²) in [4.78, 5) is 18.8. The smallest absolute Gasteiger partial charge is 0.300 e. The van der Waals surface area contributed by atoms with Gasteiger partial charge >= 0.3 is 0 Å². The number of carboxylic acid groups (broad SMARTS) is 1. The zero-order valence-electron chi connectivity index (χ0n) is 7.31. The molecule has 0 atom stereocenters. The average Bonchev–Trinajstić information content (AvgIpc) is 2.03. The minimum Gasteiger partial charge on any atom is -0.481 e. The first-order valence-electron chi connectivity index (χ1n) is 3.53. The van der Waals surface area contributed by atoms with Gasteiger partial charge in [0.1, 0.15) is 0 Å². The molecule has 0 unspecified atom stereocenters. The van der Waals surface area contributed by atoms with Crippen LogP contribution in [0.4, 0.5) is 5.69 Å². The van der Waals surface area contributed by atoms with Crippen molar-refractivity contribution in [3.63, 3.8) is 0 Å². The van der Waals surface area contributed by atoms with Crippen LogP contribution < -0.4 is 0 Å². The molecule has 0 aliphatic carbocycles. The first kappa shape index (κ1) is 12.8. The SMILES string of the molecule is CC(=O)O.O=[N+]([O-])c1cccc(I)c1. The van der Waals surface area contributed by atoms with E-state index in [-0.39, 0.29) is 5.69 Å². The van der Waals surface area contributed by atoms with Gasteiger partial charge in [0.15, 0.2) is 0 Å². The zero-order chi connectivity index (χ0) is 11.1. The summed E-state index contributed by atoms with van der Waals surface area (Å²) in [6.45, 7) is 1.08. The second kappa shape index (κ2) is 6.30. The van der Waals surface area contributed by atoms with Gasteiger partial charge in [0.25, 0.3) is 11.7 Å². The summed E-state index contributed by atoms with van der Waals surface area (Å²) in [6.07, 6.45) is 0. The molecule has 0 aromatic heterocycles. The van der Waals surface area contributed by atoms with E-state index < -0.39 is 10.9 Å².